The molecule has 0 saturated heterocycles. The molecular formula is C26H38N2O8. The molecular weight excluding hydrogens is 468 g/mol. The van der Waals surface area contributed by atoms with Crippen LogP contribution in [0.2, 0.25) is 0 Å². The zero-order valence-corrected chi connectivity index (χ0v) is 21.3. The Morgan fingerprint density at radius 3 is 2.31 bits per heavy atom. The Kier molecular flexibility index (Phi) is 6.53. The molecule has 2 saturated carbocycles. The average molecular weight is 507 g/mol. The first kappa shape index (κ1) is 26.9. The standard InChI is InChI=1S/C26H38N2O8/c1-13-9-17-24(33,21(13)32)11-15(12-29)10-16-20-23(3,4)26(20,36-19(31)6-8-28)22(14(2)25(16,17)34)35-18(30)5-7-27/h9-10,14,16-17,20,22,29,33-34H,5-8,11-12,27-28H2,1-4H3/t14-,16+,17-,20+,22-,24+,25-,26-/m1/s1. The summed E-state index contributed by atoms with van der Waals surface area (Å²) in [6, 6.07) is 0. The first-order valence-corrected chi connectivity index (χ1v) is 12.6. The quantitative estimate of drug-likeness (QED) is 0.228. The van der Waals surface area contributed by atoms with Crippen molar-refractivity contribution in [3.63, 3.8) is 0 Å². The highest BCUT2D eigenvalue weighted by molar-refractivity contribution is 6.04. The minimum Gasteiger partial charge on any atom is -0.458 e. The number of Topliss-reactive ketones (excluding diaryl/α,β-unsaturated/α-hetero) is 1. The number of carbonyl (C=O) groups excluding carboxylic acids is 3. The Balaban J connectivity index is 1.92. The largest absolute Gasteiger partial charge is 0.458 e. The molecule has 8 atom stereocenters. The fourth-order valence-corrected chi connectivity index (χ4v) is 7.50. The molecule has 4 rings (SSSR count). The third-order valence-corrected chi connectivity index (χ3v) is 9.20. The van der Waals surface area contributed by atoms with Gasteiger partial charge in [0.15, 0.2) is 11.4 Å². The number of nitrogens with two attached hydrogens (primary N) is 2. The second-order valence-corrected chi connectivity index (χ2v) is 11.4. The van der Waals surface area contributed by atoms with Gasteiger partial charge in [-0.1, -0.05) is 32.9 Å². The molecule has 0 aromatic rings. The van der Waals surface area contributed by atoms with Crippen LogP contribution in [0.1, 0.15) is 47.0 Å². The lowest BCUT2D eigenvalue weighted by molar-refractivity contribution is -0.229. The zero-order valence-electron chi connectivity index (χ0n) is 21.3. The van der Waals surface area contributed by atoms with E-state index in [0.29, 0.717) is 11.1 Å². The van der Waals surface area contributed by atoms with Gasteiger partial charge in [-0.05, 0) is 18.1 Å². The summed E-state index contributed by atoms with van der Waals surface area (Å²) in [5, 5.41) is 34.3. The van der Waals surface area contributed by atoms with Crippen LogP contribution < -0.4 is 11.5 Å². The molecule has 0 aromatic carbocycles. The lowest BCUT2D eigenvalue weighted by atomic mass is 9.59. The second kappa shape index (κ2) is 8.73. The topological polar surface area (TPSA) is 182 Å². The number of aliphatic hydroxyl groups excluding tert-OH is 1. The number of ketones is 1. The second-order valence-electron chi connectivity index (χ2n) is 11.4. The lowest BCUT2D eigenvalue weighted by Crippen LogP contribution is -2.66. The molecule has 0 heterocycles. The van der Waals surface area contributed by atoms with E-state index in [4.69, 9.17) is 20.9 Å². The smallest absolute Gasteiger partial charge is 0.307 e. The van der Waals surface area contributed by atoms with Crippen molar-refractivity contribution in [1.82, 2.24) is 0 Å². The summed E-state index contributed by atoms with van der Waals surface area (Å²) in [4.78, 5) is 38.6. The molecule has 0 aromatic heterocycles. The summed E-state index contributed by atoms with van der Waals surface area (Å²) in [6.07, 6.45) is 1.98. The summed E-state index contributed by atoms with van der Waals surface area (Å²) in [5.74, 6) is -4.79. The van der Waals surface area contributed by atoms with Crippen LogP contribution in [0.25, 0.3) is 0 Å². The van der Waals surface area contributed by atoms with Crippen molar-refractivity contribution in [2.75, 3.05) is 19.7 Å². The van der Waals surface area contributed by atoms with Gasteiger partial charge in [-0.2, -0.15) is 0 Å². The average Bonchev–Trinajstić information content (AvgIpc) is 3.23. The number of carbonyl (C=O) groups is 3. The van der Waals surface area contributed by atoms with Gasteiger partial charge in [-0.25, -0.2) is 0 Å². The summed E-state index contributed by atoms with van der Waals surface area (Å²) < 4.78 is 12.0. The van der Waals surface area contributed by atoms with Crippen molar-refractivity contribution < 1.29 is 39.2 Å². The van der Waals surface area contributed by atoms with Crippen LogP contribution in [-0.4, -0.2) is 75.6 Å². The zero-order chi connectivity index (χ0) is 26.8. The Morgan fingerprint density at radius 1 is 1.11 bits per heavy atom. The van der Waals surface area contributed by atoms with Crippen molar-refractivity contribution in [3.8, 4) is 0 Å². The maximum absolute atomic E-state index is 13.1. The van der Waals surface area contributed by atoms with Gasteiger partial charge in [0.05, 0.1) is 25.0 Å². The predicted molar refractivity (Wildman–Crippen MR) is 128 cm³/mol. The first-order valence-electron chi connectivity index (χ1n) is 12.6. The fraction of sp³-hybridized carbons (Fsp3) is 0.731. The predicted octanol–water partition coefficient (Wildman–Crippen LogP) is -0.270. The number of hydrogen-bond acceptors (Lipinski definition) is 10. The molecule has 0 radical (unpaired) electrons. The number of ether oxygens (including phenoxy) is 2. The van der Waals surface area contributed by atoms with E-state index in [-0.39, 0.29) is 32.4 Å². The van der Waals surface area contributed by atoms with E-state index in [1.165, 1.54) is 0 Å². The minimum atomic E-state index is -1.96. The molecule has 0 bridgehead atoms. The van der Waals surface area contributed by atoms with Gasteiger partial charge in [0.2, 0.25) is 0 Å². The van der Waals surface area contributed by atoms with Gasteiger partial charge in [0, 0.05) is 48.6 Å². The maximum Gasteiger partial charge on any atom is 0.307 e. The Hall–Kier alpha value is -2.11. The van der Waals surface area contributed by atoms with Gasteiger partial charge in [0.1, 0.15) is 11.7 Å². The molecule has 7 N–H and O–H groups in total. The maximum atomic E-state index is 13.1. The molecule has 0 unspecified atom stereocenters. The van der Waals surface area contributed by atoms with Gasteiger partial charge in [-0.15, -0.1) is 0 Å². The van der Waals surface area contributed by atoms with E-state index in [9.17, 15) is 29.7 Å². The molecule has 10 heteroatoms. The van der Waals surface area contributed by atoms with Gasteiger partial charge in [-0.3, -0.25) is 14.4 Å². The molecule has 2 fully saturated rings. The van der Waals surface area contributed by atoms with Crippen LogP contribution in [0.15, 0.2) is 23.3 Å². The molecule has 0 spiro atoms. The molecule has 200 valence electrons. The highest BCUT2D eigenvalue weighted by Crippen LogP contribution is 2.77. The molecule has 0 aliphatic heterocycles. The van der Waals surface area contributed by atoms with E-state index in [1.807, 2.05) is 13.8 Å². The van der Waals surface area contributed by atoms with E-state index in [0.717, 1.165) is 0 Å². The Bertz CT molecular complexity index is 1040. The van der Waals surface area contributed by atoms with Gasteiger partial charge < -0.3 is 36.3 Å². The third kappa shape index (κ3) is 3.38. The third-order valence-electron chi connectivity index (χ3n) is 9.20. The number of esters is 2. The number of rotatable bonds is 7. The summed E-state index contributed by atoms with van der Waals surface area (Å²) in [7, 11) is 0. The SMILES string of the molecule is CC1=C[C@H]2[C@@]3(O)[C@H](C)[C@@H](OC(=O)CCN)[C@]4(OC(=O)CCN)[C@@H]([C@@H]3C=C(CO)C[C@@]2(O)C1=O)C4(C)C. The summed E-state index contributed by atoms with van der Waals surface area (Å²) in [6.45, 7) is 6.74. The molecule has 10 nitrogen and oxygen atoms in total. The fourth-order valence-electron chi connectivity index (χ4n) is 7.50. The van der Waals surface area contributed by atoms with E-state index < -0.39 is 76.3 Å². The van der Waals surface area contributed by atoms with Gasteiger partial charge in [0.25, 0.3) is 0 Å². The lowest BCUT2D eigenvalue weighted by Gasteiger charge is -2.53. The van der Waals surface area contributed by atoms with Crippen molar-refractivity contribution in [2.45, 2.75) is 69.9 Å². The van der Waals surface area contributed by atoms with E-state index >= 15 is 0 Å². The van der Waals surface area contributed by atoms with Crippen LogP contribution in [0.4, 0.5) is 0 Å². The Labute approximate surface area is 210 Å². The molecule has 4 aliphatic carbocycles. The van der Waals surface area contributed by atoms with Crippen LogP contribution >= 0.6 is 0 Å². The molecule has 4 aliphatic rings. The van der Waals surface area contributed by atoms with Crippen LogP contribution in [0.5, 0.6) is 0 Å². The van der Waals surface area contributed by atoms with Crippen molar-refractivity contribution in [3.05, 3.63) is 23.3 Å². The number of fused-ring (bicyclic) bond motifs is 5. The normalized spacial score (nSPS) is 42.2. The highest BCUT2D eigenvalue weighted by atomic mass is 16.6. The van der Waals surface area contributed by atoms with Crippen molar-refractivity contribution in [2.24, 2.45) is 40.6 Å². The summed E-state index contributed by atoms with van der Waals surface area (Å²) >= 11 is 0. The van der Waals surface area contributed by atoms with Crippen molar-refractivity contribution >= 4 is 17.7 Å². The van der Waals surface area contributed by atoms with Crippen LogP contribution in [-0.2, 0) is 23.9 Å². The van der Waals surface area contributed by atoms with Crippen LogP contribution in [0.3, 0.4) is 0 Å². The first-order chi connectivity index (χ1) is 16.8. The number of hydrogen-bond donors (Lipinski definition) is 5. The number of aliphatic hydroxyl groups is 3. The van der Waals surface area contributed by atoms with E-state index in [2.05, 4.69) is 0 Å². The van der Waals surface area contributed by atoms with Crippen LogP contribution in [0, 0.1) is 29.1 Å². The monoisotopic (exact) mass is 506 g/mol. The van der Waals surface area contributed by atoms with Crippen molar-refractivity contribution in [1.29, 1.82) is 0 Å². The van der Waals surface area contributed by atoms with Gasteiger partial charge >= 0.3 is 11.9 Å². The molecule has 0 amide bonds. The van der Waals surface area contributed by atoms with E-state index in [1.54, 1.807) is 26.0 Å². The Morgan fingerprint density at radius 2 is 1.72 bits per heavy atom. The summed E-state index contributed by atoms with van der Waals surface area (Å²) in [5.41, 5.74) is 6.13. The molecule has 36 heavy (non-hydrogen) atoms. The minimum absolute atomic E-state index is 0.0339. The highest BCUT2D eigenvalue weighted by Gasteiger charge is 2.87.